The van der Waals surface area contributed by atoms with Gasteiger partial charge in [-0.1, -0.05) is 13.3 Å². The first-order chi connectivity index (χ1) is 7.60. The molecule has 1 atom stereocenters. The Bertz CT molecular complexity index is 429. The second kappa shape index (κ2) is 5.19. The van der Waals surface area contributed by atoms with Crippen LogP contribution in [0.2, 0.25) is 0 Å². The van der Waals surface area contributed by atoms with Crippen LogP contribution in [0, 0.1) is 12.5 Å². The molecule has 16 heavy (non-hydrogen) atoms. The third-order valence-corrected chi connectivity index (χ3v) is 2.04. The van der Waals surface area contributed by atoms with Gasteiger partial charge in [-0.3, -0.25) is 0 Å². The van der Waals surface area contributed by atoms with Gasteiger partial charge in [0.25, 0.3) is 5.90 Å². The van der Waals surface area contributed by atoms with Crippen molar-refractivity contribution in [1.29, 1.82) is 0 Å². The highest BCUT2D eigenvalue weighted by Crippen LogP contribution is 2.11. The van der Waals surface area contributed by atoms with Crippen molar-refractivity contribution in [3.8, 4) is 12.5 Å². The lowest BCUT2D eigenvalue weighted by molar-refractivity contribution is 0.499. The van der Waals surface area contributed by atoms with Gasteiger partial charge in [0.1, 0.15) is 18.1 Å². The molecule has 0 bridgehead atoms. The van der Waals surface area contributed by atoms with Gasteiger partial charge in [-0.05, 0) is 6.42 Å². The minimum absolute atomic E-state index is 0.176. The number of rotatable bonds is 3. The van der Waals surface area contributed by atoms with Crippen LogP contribution in [0.1, 0.15) is 19.0 Å². The van der Waals surface area contributed by atoms with Crippen molar-refractivity contribution in [3.05, 3.63) is 12.0 Å². The van der Waals surface area contributed by atoms with Gasteiger partial charge in [0.05, 0.1) is 6.33 Å². The second-order valence-corrected chi connectivity index (χ2v) is 3.22. The van der Waals surface area contributed by atoms with Crippen molar-refractivity contribution in [2.24, 2.45) is 17.8 Å². The zero-order valence-corrected chi connectivity index (χ0v) is 9.34. The first-order valence-electron chi connectivity index (χ1n) is 4.83. The normalized spacial score (nSPS) is 13.2. The number of anilines is 1. The fourth-order valence-corrected chi connectivity index (χ4v) is 1.04. The van der Waals surface area contributed by atoms with Gasteiger partial charge in [0.15, 0.2) is 5.69 Å². The Hall–Kier alpha value is -2.00. The SMILES string of the molecule is C#CO/C(=N/C(N)CC)c1ncn(C)c1N. The Morgan fingerprint density at radius 1 is 1.81 bits per heavy atom. The smallest absolute Gasteiger partial charge is 0.257 e. The van der Waals surface area contributed by atoms with Gasteiger partial charge in [0.2, 0.25) is 0 Å². The fraction of sp³-hybridized carbons (Fsp3) is 0.400. The van der Waals surface area contributed by atoms with Gasteiger partial charge in [-0.25, -0.2) is 9.98 Å². The molecule has 1 aromatic rings. The van der Waals surface area contributed by atoms with E-state index in [2.05, 4.69) is 9.98 Å². The van der Waals surface area contributed by atoms with E-state index in [9.17, 15) is 0 Å². The van der Waals surface area contributed by atoms with E-state index < -0.39 is 0 Å². The molecule has 0 aliphatic rings. The number of aryl methyl sites for hydroxylation is 1. The molecule has 1 aromatic heterocycles. The number of imidazole rings is 1. The van der Waals surface area contributed by atoms with Crippen LogP contribution in [0.25, 0.3) is 0 Å². The molecule has 86 valence electrons. The Balaban J connectivity index is 3.08. The molecule has 0 fully saturated rings. The molecule has 1 heterocycles. The van der Waals surface area contributed by atoms with Crippen molar-refractivity contribution < 1.29 is 4.74 Å². The second-order valence-electron chi connectivity index (χ2n) is 3.22. The summed E-state index contributed by atoms with van der Waals surface area (Å²) in [6.07, 6.45) is 8.95. The molecule has 4 N–H and O–H groups in total. The number of nitrogens with two attached hydrogens (primary N) is 2. The Kier molecular flexibility index (Phi) is 3.91. The molecular formula is C10H15N5O. The van der Waals surface area contributed by atoms with E-state index in [4.69, 9.17) is 22.6 Å². The van der Waals surface area contributed by atoms with Crippen LogP contribution in [0.15, 0.2) is 11.3 Å². The molecule has 6 nitrogen and oxygen atoms in total. The summed E-state index contributed by atoms with van der Waals surface area (Å²) in [5.74, 6) is 0.604. The molecule has 1 rings (SSSR count). The van der Waals surface area contributed by atoms with Crippen LogP contribution in [0.4, 0.5) is 5.82 Å². The summed E-state index contributed by atoms with van der Waals surface area (Å²) in [5, 5.41) is 0. The number of aromatic nitrogens is 2. The van der Waals surface area contributed by atoms with E-state index >= 15 is 0 Å². The summed E-state index contributed by atoms with van der Waals surface area (Å²) in [6, 6.07) is 0. The van der Waals surface area contributed by atoms with Crippen molar-refractivity contribution in [2.75, 3.05) is 5.73 Å². The third-order valence-electron chi connectivity index (χ3n) is 2.04. The summed E-state index contributed by atoms with van der Waals surface area (Å²) in [7, 11) is 1.76. The predicted octanol–water partition coefficient (Wildman–Crippen LogP) is 0.0510. The summed E-state index contributed by atoms with van der Waals surface area (Å²) >= 11 is 0. The van der Waals surface area contributed by atoms with Gasteiger partial charge in [0, 0.05) is 7.05 Å². The first-order valence-corrected chi connectivity index (χ1v) is 4.83. The topological polar surface area (TPSA) is 91.5 Å². The minimum atomic E-state index is -0.384. The largest absolute Gasteiger partial charge is 0.386 e. The highest BCUT2D eigenvalue weighted by molar-refractivity contribution is 5.97. The van der Waals surface area contributed by atoms with Crippen LogP contribution in [0.5, 0.6) is 0 Å². The number of hydrogen-bond donors (Lipinski definition) is 2. The molecule has 0 spiro atoms. The third kappa shape index (κ3) is 2.52. The number of terminal acetylenes is 1. The van der Waals surface area contributed by atoms with Gasteiger partial charge < -0.3 is 20.8 Å². The number of hydrogen-bond acceptors (Lipinski definition) is 5. The number of nitrogens with zero attached hydrogens (tertiary/aromatic N) is 3. The lowest BCUT2D eigenvalue weighted by atomic mass is 10.4. The minimum Gasteiger partial charge on any atom is -0.386 e. The van der Waals surface area contributed by atoms with Crippen LogP contribution in [-0.4, -0.2) is 21.6 Å². The van der Waals surface area contributed by atoms with Crippen molar-refractivity contribution in [3.63, 3.8) is 0 Å². The molecule has 6 heteroatoms. The van der Waals surface area contributed by atoms with E-state index in [-0.39, 0.29) is 12.1 Å². The molecule has 0 radical (unpaired) electrons. The summed E-state index contributed by atoms with van der Waals surface area (Å²) in [5.41, 5.74) is 11.9. The van der Waals surface area contributed by atoms with Crippen molar-refractivity contribution in [2.45, 2.75) is 19.5 Å². The van der Waals surface area contributed by atoms with Crippen LogP contribution < -0.4 is 11.5 Å². The van der Waals surface area contributed by atoms with E-state index in [0.29, 0.717) is 17.9 Å². The van der Waals surface area contributed by atoms with Crippen LogP contribution in [0.3, 0.4) is 0 Å². The van der Waals surface area contributed by atoms with E-state index in [1.807, 2.05) is 13.0 Å². The maximum atomic E-state index is 5.78. The first kappa shape index (κ1) is 12.1. The number of nitrogen functional groups attached to an aromatic ring is 1. The molecule has 0 amide bonds. The summed E-state index contributed by atoms with van der Waals surface area (Å²) in [4.78, 5) is 8.16. The fourth-order valence-electron chi connectivity index (χ4n) is 1.04. The Morgan fingerprint density at radius 3 is 2.94 bits per heavy atom. The average Bonchev–Trinajstić information content (AvgIpc) is 2.59. The van der Waals surface area contributed by atoms with Crippen LogP contribution >= 0.6 is 0 Å². The molecule has 0 saturated carbocycles. The highest BCUT2D eigenvalue weighted by atomic mass is 16.5. The van der Waals surface area contributed by atoms with Gasteiger partial charge >= 0.3 is 0 Å². The molecule has 1 unspecified atom stereocenters. The maximum Gasteiger partial charge on any atom is 0.257 e. The maximum absolute atomic E-state index is 5.78. The quantitative estimate of drug-likeness (QED) is 0.428. The zero-order chi connectivity index (χ0) is 12.1. The predicted molar refractivity (Wildman–Crippen MR) is 62.3 cm³/mol. The lowest BCUT2D eigenvalue weighted by Crippen LogP contribution is -2.20. The van der Waals surface area contributed by atoms with Crippen molar-refractivity contribution >= 4 is 11.7 Å². The monoisotopic (exact) mass is 221 g/mol. The van der Waals surface area contributed by atoms with Crippen LogP contribution in [-0.2, 0) is 11.8 Å². The molecular weight excluding hydrogens is 206 g/mol. The highest BCUT2D eigenvalue weighted by Gasteiger charge is 2.15. The Labute approximate surface area is 94.3 Å². The Morgan fingerprint density at radius 2 is 2.50 bits per heavy atom. The average molecular weight is 221 g/mol. The number of ether oxygens (including phenoxy) is 1. The summed E-state index contributed by atoms with van der Waals surface area (Å²) in [6.45, 7) is 1.91. The van der Waals surface area contributed by atoms with Gasteiger partial charge in [-0.15, -0.1) is 0 Å². The van der Waals surface area contributed by atoms with Gasteiger partial charge in [-0.2, -0.15) is 0 Å². The van der Waals surface area contributed by atoms with E-state index in [1.165, 1.54) is 0 Å². The van der Waals surface area contributed by atoms with E-state index in [1.54, 1.807) is 17.9 Å². The van der Waals surface area contributed by atoms with Crippen molar-refractivity contribution in [1.82, 2.24) is 9.55 Å². The summed E-state index contributed by atoms with van der Waals surface area (Å²) < 4.78 is 6.58. The zero-order valence-electron chi connectivity index (χ0n) is 9.34. The molecule has 0 aliphatic carbocycles. The number of aliphatic imine (C=N–C) groups is 1. The standard InChI is InChI=1S/C10H15N5O/c1-4-7(11)14-10(16-5-2)8-9(12)15(3)6-13-8/h2,6-7H,4,11-12H2,1,3H3/b14-10+. The van der Waals surface area contributed by atoms with E-state index in [0.717, 1.165) is 0 Å². The molecule has 0 aromatic carbocycles. The lowest BCUT2D eigenvalue weighted by Gasteiger charge is -2.06. The molecule has 0 aliphatic heterocycles. The molecule has 0 saturated heterocycles.